The van der Waals surface area contributed by atoms with E-state index in [9.17, 15) is 19.2 Å². The third kappa shape index (κ3) is 5.81. The maximum Gasteiger partial charge on any atom is 0.332 e. The molecular formula is C24H30N4O6. The molecule has 0 radical (unpaired) electrons. The lowest BCUT2D eigenvalue weighted by atomic mass is 10.1. The van der Waals surface area contributed by atoms with Gasteiger partial charge in [-0.15, -0.1) is 0 Å². The second-order valence-corrected chi connectivity index (χ2v) is 8.04. The molecule has 2 aromatic heterocycles. The van der Waals surface area contributed by atoms with Crippen LogP contribution in [0.2, 0.25) is 0 Å². The second kappa shape index (κ2) is 11.4. The number of unbranched alkanes of at least 4 members (excludes halogenated alkanes) is 2. The first-order valence-electron chi connectivity index (χ1n) is 11.4. The van der Waals surface area contributed by atoms with E-state index >= 15 is 0 Å². The highest BCUT2D eigenvalue weighted by Crippen LogP contribution is 2.15. The predicted octanol–water partition coefficient (Wildman–Crippen LogP) is 2.21. The third-order valence-electron chi connectivity index (χ3n) is 5.56. The minimum atomic E-state index is -0.506. The molecular weight excluding hydrogens is 440 g/mol. The van der Waals surface area contributed by atoms with Crippen LogP contribution in [0.4, 0.5) is 0 Å². The number of ether oxygens (including phenoxy) is 2. The van der Waals surface area contributed by atoms with Crippen molar-refractivity contribution in [1.29, 1.82) is 0 Å². The van der Waals surface area contributed by atoms with Crippen LogP contribution in [0.1, 0.15) is 49.4 Å². The van der Waals surface area contributed by atoms with Crippen LogP contribution in [-0.2, 0) is 30.2 Å². The van der Waals surface area contributed by atoms with Gasteiger partial charge in [0.15, 0.2) is 16.9 Å². The quantitative estimate of drug-likeness (QED) is 0.226. The zero-order valence-corrected chi connectivity index (χ0v) is 19.8. The fraction of sp³-hybridized carbons (Fsp3) is 0.458. The van der Waals surface area contributed by atoms with Gasteiger partial charge in [0.1, 0.15) is 12.4 Å². The van der Waals surface area contributed by atoms with E-state index in [0.717, 1.165) is 23.8 Å². The number of rotatable bonds is 12. The van der Waals surface area contributed by atoms with E-state index in [1.165, 1.54) is 25.0 Å². The first-order chi connectivity index (χ1) is 16.3. The van der Waals surface area contributed by atoms with Crippen molar-refractivity contribution in [2.45, 2.75) is 45.6 Å². The summed E-state index contributed by atoms with van der Waals surface area (Å²) in [4.78, 5) is 53.0. The molecule has 0 unspecified atom stereocenters. The molecule has 1 aromatic carbocycles. The molecule has 10 nitrogen and oxygen atoms in total. The number of nitrogens with zero attached hydrogens (tertiary/aromatic N) is 4. The van der Waals surface area contributed by atoms with Crippen molar-refractivity contribution >= 4 is 22.9 Å². The largest absolute Gasteiger partial charge is 0.494 e. The van der Waals surface area contributed by atoms with Crippen molar-refractivity contribution in [3.8, 4) is 5.75 Å². The molecule has 0 saturated carbocycles. The van der Waals surface area contributed by atoms with Gasteiger partial charge in [-0.05, 0) is 30.7 Å². The van der Waals surface area contributed by atoms with E-state index in [1.807, 2.05) is 0 Å². The summed E-state index contributed by atoms with van der Waals surface area (Å²) >= 11 is 0. The summed E-state index contributed by atoms with van der Waals surface area (Å²) in [5.74, 6) is 0.0578. The minimum absolute atomic E-state index is 0.00848. The predicted molar refractivity (Wildman–Crippen MR) is 126 cm³/mol. The number of carbonyl (C=O) groups excluding carboxylic acids is 2. The van der Waals surface area contributed by atoms with Crippen molar-refractivity contribution in [2.75, 3.05) is 13.2 Å². The molecule has 0 amide bonds. The molecule has 0 aliphatic heterocycles. The lowest BCUT2D eigenvalue weighted by Crippen LogP contribution is -2.37. The minimum Gasteiger partial charge on any atom is -0.494 e. The fourth-order valence-electron chi connectivity index (χ4n) is 3.54. The van der Waals surface area contributed by atoms with Crippen LogP contribution in [-0.4, -0.2) is 43.7 Å². The lowest BCUT2D eigenvalue weighted by molar-refractivity contribution is -0.143. The maximum atomic E-state index is 12.4. The van der Waals surface area contributed by atoms with E-state index in [4.69, 9.17) is 9.47 Å². The van der Waals surface area contributed by atoms with Gasteiger partial charge in [-0.2, -0.15) is 0 Å². The van der Waals surface area contributed by atoms with Crippen LogP contribution in [0, 0.1) is 0 Å². The molecule has 182 valence electrons. The van der Waals surface area contributed by atoms with E-state index < -0.39 is 17.2 Å². The Morgan fingerprint density at radius 1 is 0.971 bits per heavy atom. The summed E-state index contributed by atoms with van der Waals surface area (Å²) < 4.78 is 14.7. The van der Waals surface area contributed by atoms with Crippen molar-refractivity contribution in [2.24, 2.45) is 14.1 Å². The first kappa shape index (κ1) is 24.9. The Bertz CT molecular complexity index is 1270. The molecule has 0 N–H and O–H groups in total. The number of hydrogen-bond donors (Lipinski definition) is 0. The van der Waals surface area contributed by atoms with Gasteiger partial charge in [-0.1, -0.05) is 19.8 Å². The molecule has 10 heteroatoms. The fourth-order valence-corrected chi connectivity index (χ4v) is 3.54. The second-order valence-electron chi connectivity index (χ2n) is 8.04. The van der Waals surface area contributed by atoms with Crippen molar-refractivity contribution in [3.05, 3.63) is 57.0 Å². The highest BCUT2D eigenvalue weighted by atomic mass is 16.5. The number of Topliss-reactive ketones (excluding diaryl/α,β-unsaturated/α-hetero) is 1. The van der Waals surface area contributed by atoms with Gasteiger partial charge in [0.2, 0.25) is 0 Å². The van der Waals surface area contributed by atoms with Gasteiger partial charge < -0.3 is 14.0 Å². The summed E-state index contributed by atoms with van der Waals surface area (Å²) in [7, 11) is 2.93. The van der Waals surface area contributed by atoms with Crippen molar-refractivity contribution < 1.29 is 19.1 Å². The van der Waals surface area contributed by atoms with Crippen LogP contribution < -0.4 is 16.0 Å². The van der Waals surface area contributed by atoms with Gasteiger partial charge in [0.05, 0.1) is 25.9 Å². The Morgan fingerprint density at radius 2 is 1.71 bits per heavy atom. The highest BCUT2D eigenvalue weighted by Gasteiger charge is 2.15. The SMILES string of the molecule is CCCCCOc1ccc(C(=O)CCC(=O)OCCn2cnc3c2c(=O)n(C)c(=O)n3C)cc1. The van der Waals surface area contributed by atoms with E-state index in [0.29, 0.717) is 17.9 Å². The molecule has 3 rings (SSSR count). The number of carbonyl (C=O) groups is 2. The molecule has 0 aliphatic carbocycles. The molecule has 0 atom stereocenters. The van der Waals surface area contributed by atoms with Gasteiger partial charge in [-0.25, -0.2) is 9.78 Å². The summed E-state index contributed by atoms with van der Waals surface area (Å²) in [6.45, 7) is 2.98. The number of imidazole rings is 1. The van der Waals surface area contributed by atoms with Crippen LogP contribution >= 0.6 is 0 Å². The Balaban J connectivity index is 1.47. The topological polar surface area (TPSA) is 114 Å². The average molecular weight is 471 g/mol. The average Bonchev–Trinajstić information content (AvgIpc) is 3.27. The van der Waals surface area contributed by atoms with Crippen LogP contribution in [0.5, 0.6) is 5.75 Å². The third-order valence-corrected chi connectivity index (χ3v) is 5.56. The molecule has 34 heavy (non-hydrogen) atoms. The number of esters is 1. The summed E-state index contributed by atoms with van der Waals surface area (Å²) in [6, 6.07) is 6.90. The molecule has 2 heterocycles. The Morgan fingerprint density at radius 3 is 2.41 bits per heavy atom. The van der Waals surface area contributed by atoms with Gasteiger partial charge in [-0.3, -0.25) is 23.5 Å². The van der Waals surface area contributed by atoms with Crippen LogP contribution in [0.15, 0.2) is 40.2 Å². The number of aromatic nitrogens is 4. The van der Waals surface area contributed by atoms with E-state index in [2.05, 4.69) is 11.9 Å². The lowest BCUT2D eigenvalue weighted by Gasteiger charge is -2.08. The van der Waals surface area contributed by atoms with Gasteiger partial charge in [0, 0.05) is 26.1 Å². The zero-order valence-electron chi connectivity index (χ0n) is 19.8. The molecule has 0 bridgehead atoms. The summed E-state index contributed by atoms with van der Waals surface area (Å²) in [6.07, 6.45) is 4.65. The van der Waals surface area contributed by atoms with Crippen LogP contribution in [0.3, 0.4) is 0 Å². The Hall–Kier alpha value is -3.69. The number of aryl methyl sites for hydroxylation is 1. The van der Waals surface area contributed by atoms with E-state index in [-0.39, 0.29) is 42.9 Å². The van der Waals surface area contributed by atoms with Crippen molar-refractivity contribution in [3.63, 3.8) is 0 Å². The number of hydrogen-bond acceptors (Lipinski definition) is 7. The summed E-state index contributed by atoms with van der Waals surface area (Å²) in [5.41, 5.74) is 0.106. The number of fused-ring (bicyclic) bond motifs is 1. The Kier molecular flexibility index (Phi) is 8.39. The zero-order chi connectivity index (χ0) is 24.7. The van der Waals surface area contributed by atoms with Crippen molar-refractivity contribution in [1.82, 2.24) is 18.7 Å². The van der Waals surface area contributed by atoms with Crippen LogP contribution in [0.25, 0.3) is 11.2 Å². The normalized spacial score (nSPS) is 11.0. The summed E-state index contributed by atoms with van der Waals surface area (Å²) in [5, 5.41) is 0. The highest BCUT2D eigenvalue weighted by molar-refractivity contribution is 5.97. The molecule has 0 aliphatic rings. The van der Waals surface area contributed by atoms with Gasteiger partial charge >= 0.3 is 11.7 Å². The Labute approximate surface area is 196 Å². The standard InChI is InChI=1S/C24H30N4O6/c1-4-5-6-14-33-18-9-7-17(8-10-18)19(29)11-12-20(30)34-15-13-28-16-25-22-21(28)23(31)27(3)24(32)26(22)2/h7-10,16H,4-6,11-15H2,1-3H3. The molecule has 3 aromatic rings. The smallest absolute Gasteiger partial charge is 0.332 e. The maximum absolute atomic E-state index is 12.4. The molecule has 0 saturated heterocycles. The van der Waals surface area contributed by atoms with E-state index in [1.54, 1.807) is 28.8 Å². The molecule has 0 fully saturated rings. The van der Waals surface area contributed by atoms with Gasteiger partial charge in [0.25, 0.3) is 5.56 Å². The number of benzene rings is 1. The molecule has 0 spiro atoms. The number of ketones is 1. The first-order valence-corrected chi connectivity index (χ1v) is 11.4. The monoisotopic (exact) mass is 470 g/mol.